The number of nitrogens with zero attached hydrogens (tertiary/aromatic N) is 3. The summed E-state index contributed by atoms with van der Waals surface area (Å²) < 4.78 is 71.9. The van der Waals surface area contributed by atoms with E-state index in [1.54, 1.807) is 18.2 Å². The molecule has 0 saturated carbocycles. The number of alkyl halides is 3. The Morgan fingerprint density at radius 2 is 1.71 bits per heavy atom. The van der Waals surface area contributed by atoms with Crippen molar-refractivity contribution in [3.8, 4) is 34.3 Å². The van der Waals surface area contributed by atoms with Gasteiger partial charge in [-0.3, -0.25) is 0 Å². The Morgan fingerprint density at radius 3 is 2.37 bits per heavy atom. The summed E-state index contributed by atoms with van der Waals surface area (Å²) in [7, 11) is 0. The topological polar surface area (TPSA) is 101 Å². The van der Waals surface area contributed by atoms with Crippen LogP contribution in [0.15, 0.2) is 83.6 Å². The third-order valence-corrected chi connectivity index (χ3v) is 6.53. The fourth-order valence-corrected chi connectivity index (χ4v) is 4.79. The molecule has 0 saturated heterocycles. The van der Waals surface area contributed by atoms with Crippen LogP contribution in [0.2, 0.25) is 0 Å². The molecule has 210 valence electrons. The molecule has 0 fully saturated rings. The molecule has 0 radical (unpaired) electrons. The fraction of sp³-hybridized carbons (Fsp3) is 0.107. The molecule has 5 rings (SSSR count). The van der Waals surface area contributed by atoms with E-state index in [-0.39, 0.29) is 40.7 Å². The zero-order chi connectivity index (χ0) is 29.1. The van der Waals surface area contributed by atoms with Gasteiger partial charge in [0.25, 0.3) is 0 Å². The van der Waals surface area contributed by atoms with Gasteiger partial charge in [-0.15, -0.1) is 0 Å². The van der Waals surface area contributed by atoms with Crippen molar-refractivity contribution in [3.05, 3.63) is 95.0 Å². The number of amides is 1. The normalized spacial score (nSPS) is 11.4. The van der Waals surface area contributed by atoms with E-state index in [0.29, 0.717) is 15.7 Å². The Kier molecular flexibility index (Phi) is 7.79. The number of ether oxygens (including phenoxy) is 3. The lowest BCUT2D eigenvalue weighted by atomic mass is 10.1. The second kappa shape index (κ2) is 11.5. The van der Waals surface area contributed by atoms with Gasteiger partial charge in [0, 0.05) is 17.3 Å². The molecule has 0 spiro atoms. The third-order valence-electron chi connectivity index (χ3n) is 5.78. The second-order valence-corrected chi connectivity index (χ2v) is 9.41. The SMILES string of the molecule is NC(=O)Oc1ccc(-c2c(Br)c3ncnc(OCC(F)(F)F)c3n2-c2ccc(OCc3ccccc3)c(F)c2)cc1. The van der Waals surface area contributed by atoms with Gasteiger partial charge in [-0.05, 0) is 57.9 Å². The van der Waals surface area contributed by atoms with Crippen LogP contribution in [0.3, 0.4) is 0 Å². The van der Waals surface area contributed by atoms with Crippen LogP contribution in [0.25, 0.3) is 28.0 Å². The molecule has 0 atom stereocenters. The van der Waals surface area contributed by atoms with Gasteiger partial charge in [0.05, 0.1) is 10.2 Å². The van der Waals surface area contributed by atoms with Crippen LogP contribution in [0.1, 0.15) is 5.56 Å². The van der Waals surface area contributed by atoms with Crippen molar-refractivity contribution in [2.75, 3.05) is 6.61 Å². The van der Waals surface area contributed by atoms with E-state index >= 15 is 4.39 Å². The summed E-state index contributed by atoms with van der Waals surface area (Å²) in [5.74, 6) is -0.924. The highest BCUT2D eigenvalue weighted by molar-refractivity contribution is 9.10. The van der Waals surface area contributed by atoms with E-state index < -0.39 is 24.7 Å². The standard InChI is InChI=1S/C28H19BrF4N4O4/c29-22-23-25(26(36-15-35-23)40-14-28(31,32)33)37(24(22)17-6-9-19(10-7-17)41-27(34)38)18-8-11-21(20(30)12-18)39-13-16-4-2-1-3-5-16/h1-12,15H,13-14H2,(H2,34,38). The summed E-state index contributed by atoms with van der Waals surface area (Å²) >= 11 is 3.49. The molecule has 0 unspecified atom stereocenters. The molecule has 0 aliphatic rings. The van der Waals surface area contributed by atoms with E-state index in [9.17, 15) is 18.0 Å². The Morgan fingerprint density at radius 1 is 0.976 bits per heavy atom. The van der Waals surface area contributed by atoms with Crippen LogP contribution < -0.4 is 19.9 Å². The summed E-state index contributed by atoms with van der Waals surface area (Å²) in [5, 5.41) is 0. The minimum Gasteiger partial charge on any atom is -0.486 e. The van der Waals surface area contributed by atoms with Crippen molar-refractivity contribution in [2.24, 2.45) is 5.73 Å². The van der Waals surface area contributed by atoms with E-state index in [1.807, 2.05) is 30.3 Å². The molecule has 1 amide bonds. The van der Waals surface area contributed by atoms with Crippen LogP contribution >= 0.6 is 15.9 Å². The highest BCUT2D eigenvalue weighted by atomic mass is 79.9. The summed E-state index contributed by atoms with van der Waals surface area (Å²) in [5.41, 5.74) is 7.32. The lowest BCUT2D eigenvalue weighted by molar-refractivity contribution is -0.153. The number of nitrogens with two attached hydrogens (primary N) is 1. The average molecular weight is 631 g/mol. The Balaban J connectivity index is 1.63. The first-order valence-corrected chi connectivity index (χ1v) is 12.7. The van der Waals surface area contributed by atoms with Crippen LogP contribution in [0.4, 0.5) is 22.4 Å². The number of hydrogen-bond acceptors (Lipinski definition) is 6. The minimum absolute atomic E-state index is 0.0209. The van der Waals surface area contributed by atoms with E-state index in [0.717, 1.165) is 11.9 Å². The van der Waals surface area contributed by atoms with E-state index in [2.05, 4.69) is 25.9 Å². The third kappa shape index (κ3) is 6.24. The number of rotatable bonds is 8. The molecule has 2 aromatic heterocycles. The number of primary amides is 1. The van der Waals surface area contributed by atoms with Gasteiger partial charge in [-0.25, -0.2) is 14.2 Å². The molecular formula is C28H19BrF4N4O4. The Hall–Kier alpha value is -4.65. The summed E-state index contributed by atoms with van der Waals surface area (Å²) in [6.07, 6.45) is -4.56. The number of aromatic nitrogens is 3. The number of benzene rings is 3. The van der Waals surface area contributed by atoms with Gasteiger partial charge >= 0.3 is 12.3 Å². The first-order valence-electron chi connectivity index (χ1n) is 11.9. The molecular weight excluding hydrogens is 612 g/mol. The van der Waals surface area contributed by atoms with Crippen LogP contribution in [-0.4, -0.2) is 33.4 Å². The predicted molar refractivity (Wildman–Crippen MR) is 144 cm³/mol. The Bertz CT molecular complexity index is 1710. The number of carbonyl (C=O) groups excluding carboxylic acids is 1. The van der Waals surface area contributed by atoms with Gasteiger partial charge in [0.2, 0.25) is 5.88 Å². The zero-order valence-electron chi connectivity index (χ0n) is 20.9. The van der Waals surface area contributed by atoms with Crippen molar-refractivity contribution in [2.45, 2.75) is 12.8 Å². The van der Waals surface area contributed by atoms with Crippen LogP contribution in [0.5, 0.6) is 17.4 Å². The Labute approximate surface area is 238 Å². The molecule has 8 nitrogen and oxygen atoms in total. The van der Waals surface area contributed by atoms with Crippen LogP contribution in [0, 0.1) is 5.82 Å². The second-order valence-electron chi connectivity index (χ2n) is 8.61. The number of carbonyl (C=O) groups is 1. The predicted octanol–water partition coefficient (Wildman–Crippen LogP) is 6.97. The van der Waals surface area contributed by atoms with Gasteiger partial charge in [0.1, 0.15) is 29.7 Å². The quantitative estimate of drug-likeness (QED) is 0.186. The molecule has 2 heterocycles. The molecule has 3 aromatic carbocycles. The highest BCUT2D eigenvalue weighted by Gasteiger charge is 2.31. The maximum atomic E-state index is 15.3. The molecule has 0 aliphatic carbocycles. The van der Waals surface area contributed by atoms with E-state index in [1.165, 1.54) is 28.8 Å². The minimum atomic E-state index is -4.63. The lowest BCUT2D eigenvalue weighted by Crippen LogP contribution is -2.20. The van der Waals surface area contributed by atoms with Crippen LogP contribution in [-0.2, 0) is 6.61 Å². The molecule has 0 bridgehead atoms. The van der Waals surface area contributed by atoms with Crippen molar-refractivity contribution < 1.29 is 36.6 Å². The summed E-state index contributed by atoms with van der Waals surface area (Å²) in [6, 6.07) is 19.5. The monoisotopic (exact) mass is 630 g/mol. The average Bonchev–Trinajstić information content (AvgIpc) is 3.24. The molecule has 41 heavy (non-hydrogen) atoms. The smallest absolute Gasteiger partial charge is 0.422 e. The van der Waals surface area contributed by atoms with Gasteiger partial charge < -0.3 is 24.5 Å². The van der Waals surface area contributed by atoms with Gasteiger partial charge in [0.15, 0.2) is 18.2 Å². The number of halogens is 5. The van der Waals surface area contributed by atoms with Crippen molar-refractivity contribution >= 4 is 33.1 Å². The first kappa shape index (κ1) is 27.9. The molecule has 13 heteroatoms. The zero-order valence-corrected chi connectivity index (χ0v) is 22.4. The number of fused-ring (bicyclic) bond motifs is 1. The van der Waals surface area contributed by atoms with E-state index in [4.69, 9.17) is 19.9 Å². The van der Waals surface area contributed by atoms with Crippen molar-refractivity contribution in [1.82, 2.24) is 14.5 Å². The fourth-order valence-electron chi connectivity index (χ4n) is 4.09. The molecule has 5 aromatic rings. The molecule has 0 aliphatic heterocycles. The number of hydrogen-bond donors (Lipinski definition) is 1. The lowest BCUT2D eigenvalue weighted by Gasteiger charge is -2.15. The highest BCUT2D eigenvalue weighted by Crippen LogP contribution is 2.42. The maximum Gasteiger partial charge on any atom is 0.422 e. The van der Waals surface area contributed by atoms with Crippen molar-refractivity contribution in [3.63, 3.8) is 0 Å². The molecule has 2 N–H and O–H groups in total. The van der Waals surface area contributed by atoms with Gasteiger partial charge in [-0.1, -0.05) is 30.3 Å². The summed E-state index contributed by atoms with van der Waals surface area (Å²) in [6.45, 7) is -1.47. The van der Waals surface area contributed by atoms with Crippen molar-refractivity contribution in [1.29, 1.82) is 0 Å². The van der Waals surface area contributed by atoms with Gasteiger partial charge in [-0.2, -0.15) is 18.2 Å². The first-order chi connectivity index (χ1) is 19.6. The maximum absolute atomic E-state index is 15.3. The summed E-state index contributed by atoms with van der Waals surface area (Å²) in [4.78, 5) is 19.3. The largest absolute Gasteiger partial charge is 0.486 e.